The van der Waals surface area contributed by atoms with Gasteiger partial charge in [0, 0.05) is 49.7 Å². The number of allylic oxidation sites excluding steroid dienone is 4. The molecule has 0 atom stereocenters. The Kier molecular flexibility index (Phi) is 5.86. The van der Waals surface area contributed by atoms with Crippen LogP contribution in [0.25, 0.3) is 0 Å². The van der Waals surface area contributed by atoms with E-state index in [1.807, 2.05) is 27.7 Å². The zero-order valence-corrected chi connectivity index (χ0v) is 20.9. The predicted octanol–water partition coefficient (Wildman–Crippen LogP) is 5.03. The van der Waals surface area contributed by atoms with E-state index in [0.717, 1.165) is 0 Å². The average molecular weight is 469 g/mol. The van der Waals surface area contributed by atoms with E-state index >= 15 is 0 Å². The van der Waals surface area contributed by atoms with Crippen LogP contribution in [0.3, 0.4) is 0 Å². The third-order valence-corrected chi connectivity index (χ3v) is 6.64. The third-order valence-electron chi connectivity index (χ3n) is 6.64. The van der Waals surface area contributed by atoms with Gasteiger partial charge in [0.1, 0.15) is 11.5 Å². The standard InChI is InChI=1S/C27H32O7/c1-14(28)33-25-18(31-6)8-15(9-19(25)32-7)22-23-16(29)10-26(2,3)12-20(23)34-21-13-27(4,5)11-17(30)24(21)22/h8-9,22H,10-13H2,1-7H3. The lowest BCUT2D eigenvalue weighted by Gasteiger charge is -2.42. The van der Waals surface area contributed by atoms with Crippen molar-refractivity contribution in [1.29, 1.82) is 0 Å². The summed E-state index contributed by atoms with van der Waals surface area (Å²) in [5, 5.41) is 0. The Labute approximate surface area is 200 Å². The lowest BCUT2D eigenvalue weighted by molar-refractivity contribution is -0.132. The summed E-state index contributed by atoms with van der Waals surface area (Å²) in [6, 6.07) is 3.43. The molecule has 1 heterocycles. The fourth-order valence-corrected chi connectivity index (χ4v) is 5.32. The molecule has 0 saturated carbocycles. The van der Waals surface area contributed by atoms with Crippen LogP contribution in [0.5, 0.6) is 17.2 Å². The van der Waals surface area contributed by atoms with E-state index in [0.29, 0.717) is 53.9 Å². The molecule has 0 unspecified atom stereocenters. The molecule has 0 aromatic heterocycles. The van der Waals surface area contributed by atoms with E-state index in [1.54, 1.807) is 12.1 Å². The van der Waals surface area contributed by atoms with Crippen molar-refractivity contribution in [2.75, 3.05) is 14.2 Å². The minimum Gasteiger partial charge on any atom is -0.493 e. The summed E-state index contributed by atoms with van der Waals surface area (Å²) in [4.78, 5) is 38.6. The second-order valence-electron chi connectivity index (χ2n) is 10.9. The van der Waals surface area contributed by atoms with Gasteiger partial charge in [0.25, 0.3) is 0 Å². The van der Waals surface area contributed by atoms with E-state index in [-0.39, 0.29) is 39.6 Å². The number of methoxy groups -OCH3 is 2. The van der Waals surface area contributed by atoms with Crippen LogP contribution in [-0.2, 0) is 19.1 Å². The second kappa shape index (κ2) is 8.29. The first-order valence-electron chi connectivity index (χ1n) is 11.5. The van der Waals surface area contributed by atoms with Gasteiger partial charge in [-0.15, -0.1) is 0 Å². The average Bonchev–Trinajstić information content (AvgIpc) is 2.70. The van der Waals surface area contributed by atoms with Crippen molar-refractivity contribution in [3.63, 3.8) is 0 Å². The lowest BCUT2D eigenvalue weighted by Crippen LogP contribution is -2.37. The fraction of sp³-hybridized carbons (Fsp3) is 0.519. The number of ketones is 2. The van der Waals surface area contributed by atoms with Crippen LogP contribution in [0.2, 0.25) is 0 Å². The van der Waals surface area contributed by atoms with Gasteiger partial charge in [0.2, 0.25) is 5.75 Å². The first-order valence-corrected chi connectivity index (χ1v) is 11.5. The van der Waals surface area contributed by atoms with Gasteiger partial charge in [-0.05, 0) is 28.5 Å². The number of benzene rings is 1. The number of esters is 1. The highest BCUT2D eigenvalue weighted by atomic mass is 16.6. The summed E-state index contributed by atoms with van der Waals surface area (Å²) in [5.41, 5.74) is 1.24. The van der Waals surface area contributed by atoms with Crippen LogP contribution < -0.4 is 14.2 Å². The van der Waals surface area contributed by atoms with Crippen LogP contribution in [0.4, 0.5) is 0 Å². The van der Waals surface area contributed by atoms with Gasteiger partial charge >= 0.3 is 5.97 Å². The zero-order chi connectivity index (χ0) is 25.0. The highest BCUT2D eigenvalue weighted by Crippen LogP contribution is 2.54. The van der Waals surface area contributed by atoms with Crippen LogP contribution in [0, 0.1) is 10.8 Å². The van der Waals surface area contributed by atoms with Crippen molar-refractivity contribution in [1.82, 2.24) is 0 Å². The van der Waals surface area contributed by atoms with Gasteiger partial charge in [-0.25, -0.2) is 0 Å². The number of Topliss-reactive ketones (excluding diaryl/α,β-unsaturated/α-hetero) is 2. The Morgan fingerprint density at radius 1 is 0.853 bits per heavy atom. The van der Waals surface area contributed by atoms with Crippen molar-refractivity contribution in [2.24, 2.45) is 10.8 Å². The smallest absolute Gasteiger partial charge is 0.308 e. The van der Waals surface area contributed by atoms with Crippen molar-refractivity contribution in [2.45, 2.75) is 66.2 Å². The van der Waals surface area contributed by atoms with Crippen molar-refractivity contribution in [3.05, 3.63) is 40.4 Å². The predicted molar refractivity (Wildman–Crippen MR) is 125 cm³/mol. The molecule has 1 aromatic rings. The van der Waals surface area contributed by atoms with E-state index in [1.165, 1.54) is 21.1 Å². The van der Waals surface area contributed by atoms with Crippen LogP contribution >= 0.6 is 0 Å². The maximum absolute atomic E-state index is 13.5. The van der Waals surface area contributed by atoms with Crippen molar-refractivity contribution < 1.29 is 33.3 Å². The molecule has 1 aromatic carbocycles. The van der Waals surface area contributed by atoms with Gasteiger partial charge in [-0.3, -0.25) is 14.4 Å². The van der Waals surface area contributed by atoms with Crippen molar-refractivity contribution >= 4 is 17.5 Å². The molecule has 0 fully saturated rings. The molecular weight excluding hydrogens is 436 g/mol. The zero-order valence-electron chi connectivity index (χ0n) is 20.9. The van der Waals surface area contributed by atoms with Crippen LogP contribution in [0.1, 0.15) is 71.8 Å². The Bertz CT molecular complexity index is 1070. The molecular formula is C27H32O7. The Hall–Kier alpha value is -3.09. The van der Waals surface area contributed by atoms with Gasteiger partial charge in [-0.2, -0.15) is 0 Å². The summed E-state index contributed by atoms with van der Waals surface area (Å²) in [5.74, 6) is 0.837. The van der Waals surface area contributed by atoms with E-state index in [4.69, 9.17) is 18.9 Å². The highest BCUT2D eigenvalue weighted by molar-refractivity contribution is 6.06. The molecule has 0 bridgehead atoms. The molecule has 0 amide bonds. The van der Waals surface area contributed by atoms with Gasteiger partial charge < -0.3 is 18.9 Å². The van der Waals surface area contributed by atoms with Gasteiger partial charge in [0.05, 0.1) is 14.2 Å². The van der Waals surface area contributed by atoms with E-state index in [2.05, 4.69) is 0 Å². The van der Waals surface area contributed by atoms with E-state index in [9.17, 15) is 14.4 Å². The quantitative estimate of drug-likeness (QED) is 0.452. The molecule has 0 saturated heterocycles. The summed E-state index contributed by atoms with van der Waals surface area (Å²) in [7, 11) is 2.93. The lowest BCUT2D eigenvalue weighted by atomic mass is 9.65. The SMILES string of the molecule is COc1cc(C2C3=C(CC(C)(C)CC3=O)OC3=C2C(=O)CC(C)(C)C3)cc(OC)c1OC(C)=O. The fourth-order valence-electron chi connectivity index (χ4n) is 5.32. The van der Waals surface area contributed by atoms with Crippen molar-refractivity contribution in [3.8, 4) is 17.2 Å². The first-order chi connectivity index (χ1) is 15.9. The number of ether oxygens (including phenoxy) is 4. The molecule has 7 nitrogen and oxygen atoms in total. The Morgan fingerprint density at radius 2 is 1.29 bits per heavy atom. The summed E-state index contributed by atoms with van der Waals surface area (Å²) in [6.45, 7) is 9.49. The molecule has 2 aliphatic carbocycles. The van der Waals surface area contributed by atoms with Gasteiger partial charge in [0.15, 0.2) is 23.1 Å². The highest BCUT2D eigenvalue weighted by Gasteiger charge is 2.48. The molecule has 1 aliphatic heterocycles. The number of hydrogen-bond acceptors (Lipinski definition) is 7. The monoisotopic (exact) mass is 468 g/mol. The molecule has 34 heavy (non-hydrogen) atoms. The maximum atomic E-state index is 13.5. The Balaban J connectivity index is 1.96. The molecule has 3 aliphatic rings. The third kappa shape index (κ3) is 4.24. The molecule has 182 valence electrons. The van der Waals surface area contributed by atoms with Gasteiger partial charge in [-0.1, -0.05) is 27.7 Å². The summed E-state index contributed by atoms with van der Waals surface area (Å²) in [6.07, 6.45) is 1.95. The topological polar surface area (TPSA) is 88.1 Å². The molecule has 7 heteroatoms. The van der Waals surface area contributed by atoms with E-state index < -0.39 is 11.9 Å². The second-order valence-corrected chi connectivity index (χ2v) is 10.9. The molecule has 0 radical (unpaired) electrons. The summed E-state index contributed by atoms with van der Waals surface area (Å²) < 4.78 is 22.7. The summed E-state index contributed by atoms with van der Waals surface area (Å²) >= 11 is 0. The maximum Gasteiger partial charge on any atom is 0.308 e. The molecule has 0 spiro atoms. The number of carbonyl (C=O) groups is 3. The normalized spacial score (nSPS) is 21.5. The minimum absolute atomic E-state index is 0.0255. The van der Waals surface area contributed by atoms with Crippen LogP contribution in [0.15, 0.2) is 34.8 Å². The van der Waals surface area contributed by atoms with Crippen LogP contribution in [-0.4, -0.2) is 31.8 Å². The minimum atomic E-state index is -0.597. The molecule has 4 rings (SSSR count). The Morgan fingerprint density at radius 3 is 1.68 bits per heavy atom. The first kappa shape index (κ1) is 24.0. The number of rotatable bonds is 4. The number of hydrogen-bond donors (Lipinski definition) is 0. The number of carbonyl (C=O) groups excluding carboxylic acids is 3. The largest absolute Gasteiger partial charge is 0.493 e. The molecule has 0 N–H and O–H groups in total.